The van der Waals surface area contributed by atoms with Crippen LogP contribution in [-0.2, 0) is 0 Å². The van der Waals surface area contributed by atoms with Crippen molar-refractivity contribution in [2.75, 3.05) is 0 Å². The molecule has 0 radical (unpaired) electrons. The molecule has 0 saturated carbocycles. The molecule has 158 valence electrons. The maximum atomic E-state index is 6.37. The van der Waals surface area contributed by atoms with Crippen LogP contribution in [0.2, 0.25) is 0 Å². The first kappa shape index (κ1) is 17.8. The Morgan fingerprint density at radius 3 is 2.09 bits per heavy atom. The first-order chi connectivity index (χ1) is 16.9. The zero-order chi connectivity index (χ0) is 22.2. The minimum Gasteiger partial charge on any atom is -0.456 e. The van der Waals surface area contributed by atoms with E-state index in [1.54, 1.807) is 0 Å². The molecule has 4 heteroatoms. The largest absolute Gasteiger partial charge is 0.456 e. The van der Waals surface area contributed by atoms with Gasteiger partial charge in [-0.1, -0.05) is 66.7 Å². The molecular weight excluding hydrogens is 418 g/mol. The van der Waals surface area contributed by atoms with Gasteiger partial charge < -0.3 is 4.74 Å². The van der Waals surface area contributed by atoms with E-state index in [1.807, 2.05) is 60.7 Å². The molecule has 1 aliphatic rings. The molecule has 5 aromatic carbocycles. The zero-order valence-corrected chi connectivity index (χ0v) is 18.1. The summed E-state index contributed by atoms with van der Waals surface area (Å²) in [5.74, 6) is 2.59. The molecule has 0 spiro atoms. The molecule has 0 atom stereocenters. The van der Waals surface area contributed by atoms with Crippen LogP contribution in [-0.4, -0.2) is 14.5 Å². The van der Waals surface area contributed by atoms with E-state index in [0.717, 1.165) is 61.4 Å². The topological polar surface area (TPSA) is 39.9 Å². The van der Waals surface area contributed by atoms with Crippen molar-refractivity contribution in [3.8, 4) is 28.6 Å². The average Bonchev–Trinajstić information content (AvgIpc) is 3.24. The predicted octanol–water partition coefficient (Wildman–Crippen LogP) is 7.65. The quantitative estimate of drug-likeness (QED) is 0.280. The SMILES string of the molecule is c1ccc(-c2nc3ccccc3nc2-n2c3cccc4c3c3c5c(cccc5ccc32)O4)cc1. The fraction of sp³-hybridized carbons (Fsp3) is 0. The smallest absolute Gasteiger partial charge is 0.165 e. The zero-order valence-electron chi connectivity index (χ0n) is 18.1. The van der Waals surface area contributed by atoms with Crippen LogP contribution >= 0.6 is 0 Å². The Hall–Kier alpha value is -4.70. The van der Waals surface area contributed by atoms with Crippen molar-refractivity contribution in [3.63, 3.8) is 0 Å². The Kier molecular flexibility index (Phi) is 3.36. The number of fused-ring (bicyclic) bond motifs is 1. The van der Waals surface area contributed by atoms with Crippen LogP contribution in [0.4, 0.5) is 0 Å². The highest BCUT2D eigenvalue weighted by atomic mass is 16.5. The molecule has 0 unspecified atom stereocenters. The molecule has 8 rings (SSSR count). The molecule has 7 aromatic rings. The van der Waals surface area contributed by atoms with E-state index < -0.39 is 0 Å². The van der Waals surface area contributed by atoms with Crippen molar-refractivity contribution in [2.45, 2.75) is 0 Å². The minimum absolute atomic E-state index is 0.820. The summed E-state index contributed by atoms with van der Waals surface area (Å²) in [6, 6.07) is 35.2. The summed E-state index contributed by atoms with van der Waals surface area (Å²) in [6.07, 6.45) is 0. The van der Waals surface area contributed by atoms with Gasteiger partial charge in [-0.25, -0.2) is 9.97 Å². The van der Waals surface area contributed by atoms with Crippen LogP contribution in [0, 0.1) is 0 Å². The summed E-state index contributed by atoms with van der Waals surface area (Å²) >= 11 is 0. The van der Waals surface area contributed by atoms with Crippen molar-refractivity contribution in [1.29, 1.82) is 0 Å². The molecular formula is C30H17N3O. The van der Waals surface area contributed by atoms with E-state index in [4.69, 9.17) is 14.7 Å². The van der Waals surface area contributed by atoms with Crippen molar-refractivity contribution < 1.29 is 4.74 Å². The summed E-state index contributed by atoms with van der Waals surface area (Å²) in [7, 11) is 0. The number of rotatable bonds is 2. The Morgan fingerprint density at radius 1 is 0.529 bits per heavy atom. The van der Waals surface area contributed by atoms with Gasteiger partial charge in [-0.05, 0) is 41.8 Å². The lowest BCUT2D eigenvalue weighted by molar-refractivity contribution is 0.493. The van der Waals surface area contributed by atoms with Crippen molar-refractivity contribution in [3.05, 3.63) is 103 Å². The third-order valence-corrected chi connectivity index (χ3v) is 6.75. The van der Waals surface area contributed by atoms with E-state index in [1.165, 1.54) is 10.8 Å². The maximum absolute atomic E-state index is 6.37. The van der Waals surface area contributed by atoms with Gasteiger partial charge in [0.2, 0.25) is 0 Å². The third kappa shape index (κ3) is 2.27. The predicted molar refractivity (Wildman–Crippen MR) is 137 cm³/mol. The monoisotopic (exact) mass is 435 g/mol. The van der Waals surface area contributed by atoms with Gasteiger partial charge >= 0.3 is 0 Å². The Morgan fingerprint density at radius 2 is 1.24 bits per heavy atom. The minimum atomic E-state index is 0.820. The summed E-state index contributed by atoms with van der Waals surface area (Å²) in [6.45, 7) is 0. The molecule has 0 bridgehead atoms. The highest BCUT2D eigenvalue weighted by Crippen LogP contribution is 2.49. The summed E-state index contributed by atoms with van der Waals surface area (Å²) in [4.78, 5) is 10.3. The summed E-state index contributed by atoms with van der Waals surface area (Å²) < 4.78 is 8.62. The molecule has 34 heavy (non-hydrogen) atoms. The average molecular weight is 435 g/mol. The molecule has 0 amide bonds. The maximum Gasteiger partial charge on any atom is 0.165 e. The second kappa shape index (κ2) is 6.42. The van der Waals surface area contributed by atoms with E-state index >= 15 is 0 Å². The van der Waals surface area contributed by atoms with E-state index in [2.05, 4.69) is 47.0 Å². The van der Waals surface area contributed by atoms with Gasteiger partial charge in [0.25, 0.3) is 0 Å². The second-order valence-electron chi connectivity index (χ2n) is 8.65. The second-order valence-corrected chi connectivity index (χ2v) is 8.65. The van der Waals surface area contributed by atoms with Crippen LogP contribution in [0.1, 0.15) is 0 Å². The standard InChI is InChI=1S/C30H17N3O/c1-2-8-19(9-3-1)29-30(32-21-12-5-4-11-20(21)31-29)33-22-13-7-15-25-27(22)28-23(33)17-16-18-10-6-14-24(34-25)26(18)28/h1-17H. The van der Waals surface area contributed by atoms with E-state index in [0.29, 0.717) is 0 Å². The molecule has 2 aromatic heterocycles. The lowest BCUT2D eigenvalue weighted by Gasteiger charge is -2.15. The molecule has 4 nitrogen and oxygen atoms in total. The van der Waals surface area contributed by atoms with Gasteiger partial charge in [0.15, 0.2) is 5.82 Å². The van der Waals surface area contributed by atoms with Crippen LogP contribution in [0.5, 0.6) is 11.5 Å². The van der Waals surface area contributed by atoms with Crippen LogP contribution in [0.3, 0.4) is 0 Å². The van der Waals surface area contributed by atoms with Gasteiger partial charge in [0, 0.05) is 16.3 Å². The number of benzene rings is 5. The number of para-hydroxylation sites is 2. The molecule has 1 aliphatic heterocycles. The number of ether oxygens (including phenoxy) is 1. The van der Waals surface area contributed by atoms with Gasteiger partial charge in [-0.15, -0.1) is 0 Å². The van der Waals surface area contributed by atoms with E-state index in [9.17, 15) is 0 Å². The van der Waals surface area contributed by atoms with Gasteiger partial charge in [-0.2, -0.15) is 0 Å². The number of hydrogen-bond donors (Lipinski definition) is 0. The first-order valence-corrected chi connectivity index (χ1v) is 11.4. The lowest BCUT2D eigenvalue weighted by atomic mass is 10.0. The van der Waals surface area contributed by atoms with Crippen LogP contribution < -0.4 is 4.74 Å². The van der Waals surface area contributed by atoms with Crippen LogP contribution in [0.25, 0.3) is 60.7 Å². The third-order valence-electron chi connectivity index (χ3n) is 6.75. The van der Waals surface area contributed by atoms with Crippen molar-refractivity contribution >= 4 is 43.6 Å². The molecule has 0 N–H and O–H groups in total. The fourth-order valence-electron chi connectivity index (χ4n) is 5.31. The number of nitrogens with zero attached hydrogens (tertiary/aromatic N) is 3. The van der Waals surface area contributed by atoms with E-state index in [-0.39, 0.29) is 0 Å². The summed E-state index contributed by atoms with van der Waals surface area (Å²) in [5.41, 5.74) is 5.82. The van der Waals surface area contributed by atoms with Gasteiger partial charge in [0.1, 0.15) is 17.2 Å². The highest BCUT2D eigenvalue weighted by molar-refractivity contribution is 6.26. The first-order valence-electron chi connectivity index (χ1n) is 11.4. The number of hydrogen-bond acceptors (Lipinski definition) is 3. The molecule has 0 aliphatic carbocycles. The Balaban J connectivity index is 1.60. The Labute approximate surface area is 194 Å². The van der Waals surface area contributed by atoms with Crippen molar-refractivity contribution in [2.24, 2.45) is 0 Å². The highest BCUT2D eigenvalue weighted by Gasteiger charge is 2.26. The molecule has 0 saturated heterocycles. The normalized spacial score (nSPS) is 12.4. The lowest BCUT2D eigenvalue weighted by Crippen LogP contribution is -2.03. The number of aromatic nitrogens is 3. The fourth-order valence-corrected chi connectivity index (χ4v) is 5.31. The van der Waals surface area contributed by atoms with Gasteiger partial charge in [-0.3, -0.25) is 4.57 Å². The summed E-state index contributed by atoms with van der Waals surface area (Å²) in [5, 5.41) is 4.65. The Bertz CT molecular complexity index is 1940. The molecule has 0 fully saturated rings. The van der Waals surface area contributed by atoms with Crippen molar-refractivity contribution in [1.82, 2.24) is 14.5 Å². The van der Waals surface area contributed by atoms with Crippen LogP contribution in [0.15, 0.2) is 103 Å². The van der Waals surface area contributed by atoms with Gasteiger partial charge in [0.05, 0.1) is 27.5 Å². The molecule has 3 heterocycles.